The van der Waals surface area contributed by atoms with Crippen LogP contribution in [0.5, 0.6) is 0 Å². The van der Waals surface area contributed by atoms with Gasteiger partial charge in [-0.2, -0.15) is 0 Å². The lowest BCUT2D eigenvalue weighted by molar-refractivity contribution is -0.138. The Kier molecular flexibility index (Phi) is 7.53. The molecular formula is C25H29FN3O3S. The molecule has 1 radical (unpaired) electrons. The van der Waals surface area contributed by atoms with E-state index in [1.54, 1.807) is 36.6 Å². The maximum absolute atomic E-state index is 14.6. The van der Waals surface area contributed by atoms with E-state index in [9.17, 15) is 18.8 Å². The number of carbonyl (C=O) groups excluding carboxylic acids is 3. The molecule has 1 aliphatic heterocycles. The Morgan fingerprint density at radius 2 is 1.91 bits per heavy atom. The highest BCUT2D eigenvalue weighted by Crippen LogP contribution is 2.37. The molecule has 1 saturated heterocycles. The summed E-state index contributed by atoms with van der Waals surface area (Å²) in [6.45, 7) is 1.61. The summed E-state index contributed by atoms with van der Waals surface area (Å²) in [5.41, 5.74) is 0.835. The number of nitrogens with zero attached hydrogens (tertiary/aromatic N) is 2. The molecule has 0 bridgehead atoms. The van der Waals surface area contributed by atoms with Gasteiger partial charge in [0.25, 0.3) is 0 Å². The van der Waals surface area contributed by atoms with Gasteiger partial charge in [0.2, 0.25) is 17.6 Å². The molecule has 1 aliphatic carbocycles. The third-order valence-corrected chi connectivity index (χ3v) is 7.50. The van der Waals surface area contributed by atoms with E-state index in [0.717, 1.165) is 32.1 Å². The number of thiazole rings is 1. The molecule has 2 fully saturated rings. The number of nitrogens with one attached hydrogen (secondary N) is 1. The highest BCUT2D eigenvalue weighted by Gasteiger charge is 2.43. The maximum Gasteiger partial charge on any atom is 0.246 e. The minimum absolute atomic E-state index is 0.0278. The van der Waals surface area contributed by atoms with Gasteiger partial charge < -0.3 is 10.2 Å². The molecule has 8 heteroatoms. The summed E-state index contributed by atoms with van der Waals surface area (Å²) < 4.78 is 14.6. The van der Waals surface area contributed by atoms with E-state index in [1.807, 2.05) is 6.07 Å². The molecule has 2 aliphatic rings. The van der Waals surface area contributed by atoms with Crippen molar-refractivity contribution in [3.8, 4) is 0 Å². The fourth-order valence-electron chi connectivity index (χ4n) is 4.81. The maximum atomic E-state index is 14.6. The van der Waals surface area contributed by atoms with Crippen molar-refractivity contribution in [1.82, 2.24) is 15.2 Å². The van der Waals surface area contributed by atoms with E-state index >= 15 is 0 Å². The van der Waals surface area contributed by atoms with Gasteiger partial charge in [-0.05, 0) is 18.8 Å². The van der Waals surface area contributed by atoms with Crippen molar-refractivity contribution in [3.05, 3.63) is 58.4 Å². The summed E-state index contributed by atoms with van der Waals surface area (Å²) >= 11 is 1.27. The lowest BCUT2D eigenvalue weighted by atomic mass is 9.83. The topological polar surface area (TPSA) is 79.4 Å². The second-order valence-electron chi connectivity index (χ2n) is 8.78. The van der Waals surface area contributed by atoms with Gasteiger partial charge in [-0.1, -0.05) is 56.5 Å². The van der Waals surface area contributed by atoms with Crippen LogP contribution in [0.15, 0.2) is 35.7 Å². The molecule has 1 saturated carbocycles. The van der Waals surface area contributed by atoms with Gasteiger partial charge in [-0.25, -0.2) is 9.37 Å². The van der Waals surface area contributed by atoms with E-state index < -0.39 is 18.3 Å². The number of hydrogen-bond acceptors (Lipinski definition) is 5. The molecule has 2 aromatic rings. The zero-order chi connectivity index (χ0) is 23.4. The van der Waals surface area contributed by atoms with Crippen molar-refractivity contribution in [1.29, 1.82) is 0 Å². The number of amides is 2. The van der Waals surface area contributed by atoms with Crippen molar-refractivity contribution < 1.29 is 18.8 Å². The van der Waals surface area contributed by atoms with Crippen molar-refractivity contribution in [2.75, 3.05) is 6.54 Å². The predicted molar refractivity (Wildman–Crippen MR) is 124 cm³/mol. The number of carbonyl (C=O) groups is 3. The van der Waals surface area contributed by atoms with Crippen LogP contribution in [0, 0.1) is 12.3 Å². The van der Waals surface area contributed by atoms with Crippen LogP contribution in [0.4, 0.5) is 4.39 Å². The Labute approximate surface area is 197 Å². The monoisotopic (exact) mass is 470 g/mol. The molecule has 4 rings (SSSR count). The zero-order valence-corrected chi connectivity index (χ0v) is 19.5. The molecule has 175 valence electrons. The summed E-state index contributed by atoms with van der Waals surface area (Å²) in [6.07, 6.45) is 5.28. The summed E-state index contributed by atoms with van der Waals surface area (Å²) in [5, 5.41) is 5.09. The molecule has 1 aromatic carbocycles. The van der Waals surface area contributed by atoms with Crippen molar-refractivity contribution >= 4 is 28.9 Å². The number of aromatic nitrogens is 1. The average Bonchev–Trinajstić information content (AvgIpc) is 3.49. The lowest BCUT2D eigenvalue weighted by Crippen LogP contribution is -2.52. The van der Waals surface area contributed by atoms with Crippen LogP contribution in [0.2, 0.25) is 0 Å². The Bertz CT molecular complexity index is 990. The average molecular weight is 471 g/mol. The number of halogens is 1. The highest BCUT2D eigenvalue weighted by atomic mass is 32.1. The van der Waals surface area contributed by atoms with E-state index in [4.69, 9.17) is 0 Å². The van der Waals surface area contributed by atoms with Gasteiger partial charge in [0.05, 0.1) is 12.6 Å². The van der Waals surface area contributed by atoms with Crippen LogP contribution < -0.4 is 5.32 Å². The highest BCUT2D eigenvalue weighted by molar-refractivity contribution is 7.10. The summed E-state index contributed by atoms with van der Waals surface area (Å²) in [4.78, 5) is 44.6. The number of benzene rings is 1. The molecule has 1 N–H and O–H groups in total. The van der Waals surface area contributed by atoms with Crippen LogP contribution in [-0.2, 0) is 9.59 Å². The Morgan fingerprint density at radius 3 is 2.61 bits per heavy atom. The molecule has 0 spiro atoms. The van der Waals surface area contributed by atoms with Gasteiger partial charge >= 0.3 is 0 Å². The second kappa shape index (κ2) is 10.5. The van der Waals surface area contributed by atoms with E-state index in [1.165, 1.54) is 22.7 Å². The molecule has 3 atom stereocenters. The predicted octanol–water partition coefficient (Wildman–Crippen LogP) is 4.27. The van der Waals surface area contributed by atoms with Gasteiger partial charge in [0, 0.05) is 23.8 Å². The first-order chi connectivity index (χ1) is 16.0. The minimum atomic E-state index is -1.17. The Balaban J connectivity index is 1.56. The van der Waals surface area contributed by atoms with Gasteiger partial charge in [0.1, 0.15) is 22.9 Å². The fourth-order valence-corrected chi connectivity index (χ4v) is 5.73. The smallest absolute Gasteiger partial charge is 0.246 e. The Hall–Kier alpha value is -2.61. The van der Waals surface area contributed by atoms with Crippen molar-refractivity contribution in [2.24, 2.45) is 5.92 Å². The van der Waals surface area contributed by atoms with E-state index in [2.05, 4.69) is 10.3 Å². The molecular weight excluding hydrogens is 441 g/mol. The quantitative estimate of drug-likeness (QED) is 0.613. The van der Waals surface area contributed by atoms with Gasteiger partial charge in [-0.15, -0.1) is 11.3 Å². The number of hydrogen-bond donors (Lipinski definition) is 1. The number of alkyl halides is 1. The van der Waals surface area contributed by atoms with Crippen LogP contribution in [-0.4, -0.2) is 46.2 Å². The Morgan fingerprint density at radius 1 is 1.18 bits per heavy atom. The van der Waals surface area contributed by atoms with Crippen molar-refractivity contribution in [2.45, 2.75) is 63.7 Å². The summed E-state index contributed by atoms with van der Waals surface area (Å²) in [6, 6.07) is 7.66. The van der Waals surface area contributed by atoms with Crippen LogP contribution >= 0.6 is 11.3 Å². The summed E-state index contributed by atoms with van der Waals surface area (Å²) in [7, 11) is 0. The SMILES string of the molecule is C[CH]C(=O)N[C@H](C(=O)N1C[C@H](F)C[C@H]1c1nc(C(=O)c2ccccc2)cs1)C1CCCCC1. The largest absolute Gasteiger partial charge is 0.344 e. The molecule has 33 heavy (non-hydrogen) atoms. The van der Waals surface area contributed by atoms with Crippen molar-refractivity contribution in [3.63, 3.8) is 0 Å². The van der Waals surface area contributed by atoms with Gasteiger partial charge in [0.15, 0.2) is 0 Å². The first-order valence-electron chi connectivity index (χ1n) is 11.6. The lowest BCUT2D eigenvalue weighted by Gasteiger charge is -2.34. The first kappa shape index (κ1) is 23.5. The number of rotatable bonds is 7. The number of ketones is 1. The van der Waals surface area contributed by atoms with Crippen LogP contribution in [0.3, 0.4) is 0 Å². The molecule has 2 heterocycles. The van der Waals surface area contributed by atoms with Gasteiger partial charge in [-0.3, -0.25) is 14.4 Å². The van der Waals surface area contributed by atoms with E-state index in [0.29, 0.717) is 16.3 Å². The fraction of sp³-hybridized carbons (Fsp3) is 0.480. The van der Waals surface area contributed by atoms with Crippen LogP contribution in [0.1, 0.15) is 72.6 Å². The minimum Gasteiger partial charge on any atom is -0.344 e. The van der Waals surface area contributed by atoms with E-state index in [-0.39, 0.29) is 36.5 Å². The number of likely N-dealkylation sites (tertiary alicyclic amines) is 1. The standard InChI is InChI=1S/C25H29FN3O3S/c1-2-21(30)28-22(16-9-5-3-6-10-16)25(32)29-14-18(26)13-20(29)24-27-19(15-33-24)23(31)17-11-7-4-8-12-17/h2,4,7-8,11-12,15-16,18,20,22H,3,5-6,9-10,13-14H2,1H3,(H,28,30)/t18-,20+,22+/m1/s1. The molecule has 6 nitrogen and oxygen atoms in total. The molecule has 0 unspecified atom stereocenters. The molecule has 1 aromatic heterocycles. The van der Waals surface area contributed by atoms with Crippen LogP contribution in [0.25, 0.3) is 0 Å². The second-order valence-corrected chi connectivity index (χ2v) is 9.67. The molecule has 2 amide bonds. The first-order valence-corrected chi connectivity index (χ1v) is 12.5. The third kappa shape index (κ3) is 5.32. The zero-order valence-electron chi connectivity index (χ0n) is 18.7. The summed E-state index contributed by atoms with van der Waals surface area (Å²) in [5.74, 6) is -0.706. The third-order valence-electron chi connectivity index (χ3n) is 6.56. The normalized spacial score (nSPS) is 22.2.